The van der Waals surface area contributed by atoms with Crippen LogP contribution in [0.5, 0.6) is 5.75 Å². The van der Waals surface area contributed by atoms with Crippen molar-refractivity contribution in [3.05, 3.63) is 82.9 Å². The lowest BCUT2D eigenvalue weighted by Crippen LogP contribution is -2.24. The molecule has 0 bridgehead atoms. The van der Waals surface area contributed by atoms with Gasteiger partial charge in [0.2, 0.25) is 5.91 Å². The van der Waals surface area contributed by atoms with E-state index in [9.17, 15) is 4.79 Å². The third-order valence-electron chi connectivity index (χ3n) is 5.34. The van der Waals surface area contributed by atoms with E-state index in [0.717, 1.165) is 45.0 Å². The Morgan fingerprint density at radius 1 is 1.03 bits per heavy atom. The van der Waals surface area contributed by atoms with Crippen LogP contribution >= 0.6 is 0 Å². The fourth-order valence-electron chi connectivity index (χ4n) is 3.64. The van der Waals surface area contributed by atoms with E-state index in [4.69, 9.17) is 9.26 Å². The Bertz CT molecular complexity index is 1280. The zero-order valence-corrected chi connectivity index (χ0v) is 19.2. The summed E-state index contributed by atoms with van der Waals surface area (Å²) in [6.45, 7) is 6.15. The van der Waals surface area contributed by atoms with E-state index < -0.39 is 0 Å². The van der Waals surface area contributed by atoms with Gasteiger partial charge < -0.3 is 14.6 Å². The van der Waals surface area contributed by atoms with E-state index in [2.05, 4.69) is 20.4 Å². The molecule has 0 aliphatic rings. The van der Waals surface area contributed by atoms with Crippen molar-refractivity contribution in [2.45, 2.75) is 33.7 Å². The van der Waals surface area contributed by atoms with Crippen LogP contribution in [-0.4, -0.2) is 28.1 Å². The quantitative estimate of drug-likeness (QED) is 0.450. The highest BCUT2D eigenvalue weighted by Crippen LogP contribution is 2.30. The molecular weight excluding hydrogens is 416 g/mol. The number of amides is 1. The van der Waals surface area contributed by atoms with Gasteiger partial charge in [0.25, 0.3) is 0 Å². The Morgan fingerprint density at radius 3 is 2.45 bits per heavy atom. The summed E-state index contributed by atoms with van der Waals surface area (Å²) in [6.07, 6.45) is 2.08. The van der Waals surface area contributed by atoms with Crippen LogP contribution in [0.1, 0.15) is 28.2 Å². The van der Waals surface area contributed by atoms with E-state index >= 15 is 0 Å². The van der Waals surface area contributed by atoms with Crippen LogP contribution in [0.3, 0.4) is 0 Å². The first kappa shape index (κ1) is 22.2. The van der Waals surface area contributed by atoms with Gasteiger partial charge in [-0.15, -0.1) is 0 Å². The molecule has 4 rings (SSSR count). The van der Waals surface area contributed by atoms with E-state index in [1.807, 2.05) is 69.3 Å². The Hall–Kier alpha value is -4.00. The molecule has 7 heteroatoms. The molecule has 0 saturated heterocycles. The number of rotatable bonds is 7. The zero-order valence-electron chi connectivity index (χ0n) is 19.2. The SMILES string of the molecule is COc1ccc(CC(=O)NCc2ccc(-c3nc(C)ncc3-c3cc(C)no3)cc2)cc1C. The summed E-state index contributed by atoms with van der Waals surface area (Å²) in [5.41, 5.74) is 6.27. The first-order valence-corrected chi connectivity index (χ1v) is 10.7. The summed E-state index contributed by atoms with van der Waals surface area (Å²) in [6, 6.07) is 15.6. The van der Waals surface area contributed by atoms with Crippen molar-refractivity contribution in [1.82, 2.24) is 20.4 Å². The lowest BCUT2D eigenvalue weighted by molar-refractivity contribution is -0.120. The van der Waals surface area contributed by atoms with Crippen molar-refractivity contribution in [1.29, 1.82) is 0 Å². The smallest absolute Gasteiger partial charge is 0.224 e. The first-order chi connectivity index (χ1) is 15.9. The van der Waals surface area contributed by atoms with Crippen LogP contribution in [0, 0.1) is 20.8 Å². The lowest BCUT2D eigenvalue weighted by atomic mass is 10.0. The Kier molecular flexibility index (Phi) is 6.49. The van der Waals surface area contributed by atoms with Gasteiger partial charge in [0.1, 0.15) is 11.6 Å². The highest BCUT2D eigenvalue weighted by atomic mass is 16.5. The molecule has 4 aromatic rings. The molecule has 0 aliphatic carbocycles. The molecule has 1 amide bonds. The van der Waals surface area contributed by atoms with E-state index in [1.54, 1.807) is 13.3 Å². The third-order valence-corrected chi connectivity index (χ3v) is 5.34. The number of aryl methyl sites for hydroxylation is 3. The molecular formula is C26H26N4O3. The number of ether oxygens (including phenoxy) is 1. The topological polar surface area (TPSA) is 90.1 Å². The van der Waals surface area contributed by atoms with Crippen LogP contribution < -0.4 is 10.1 Å². The van der Waals surface area contributed by atoms with Crippen LogP contribution in [0.25, 0.3) is 22.6 Å². The van der Waals surface area contributed by atoms with Crippen molar-refractivity contribution < 1.29 is 14.1 Å². The molecule has 2 aromatic heterocycles. The minimum absolute atomic E-state index is 0.0296. The molecule has 0 unspecified atom stereocenters. The van der Waals surface area contributed by atoms with Crippen molar-refractivity contribution in [2.75, 3.05) is 7.11 Å². The maximum absolute atomic E-state index is 12.4. The maximum Gasteiger partial charge on any atom is 0.224 e. The second-order valence-electron chi connectivity index (χ2n) is 7.97. The fourth-order valence-corrected chi connectivity index (χ4v) is 3.64. The van der Waals surface area contributed by atoms with Gasteiger partial charge in [-0.3, -0.25) is 4.79 Å². The first-order valence-electron chi connectivity index (χ1n) is 10.7. The van der Waals surface area contributed by atoms with Gasteiger partial charge in [-0.05, 0) is 43.5 Å². The van der Waals surface area contributed by atoms with Gasteiger partial charge in [-0.25, -0.2) is 9.97 Å². The minimum atomic E-state index is -0.0296. The number of methoxy groups -OCH3 is 1. The van der Waals surface area contributed by atoms with E-state index in [0.29, 0.717) is 24.6 Å². The third kappa shape index (κ3) is 5.26. The summed E-state index contributed by atoms with van der Waals surface area (Å²) in [5, 5.41) is 6.96. The second-order valence-corrected chi connectivity index (χ2v) is 7.97. The highest BCUT2D eigenvalue weighted by molar-refractivity contribution is 5.79. The van der Waals surface area contributed by atoms with Gasteiger partial charge in [0.15, 0.2) is 5.76 Å². The van der Waals surface area contributed by atoms with E-state index in [1.165, 1.54) is 0 Å². The number of hydrogen-bond donors (Lipinski definition) is 1. The van der Waals surface area contributed by atoms with Crippen molar-refractivity contribution >= 4 is 5.91 Å². The summed E-state index contributed by atoms with van der Waals surface area (Å²) in [4.78, 5) is 21.3. The summed E-state index contributed by atoms with van der Waals surface area (Å²) < 4.78 is 10.7. The van der Waals surface area contributed by atoms with Crippen LogP contribution in [0.2, 0.25) is 0 Å². The number of aromatic nitrogens is 3. The molecule has 7 nitrogen and oxygen atoms in total. The second kappa shape index (κ2) is 9.65. The molecule has 33 heavy (non-hydrogen) atoms. The van der Waals surface area contributed by atoms with E-state index in [-0.39, 0.29) is 5.91 Å². The monoisotopic (exact) mass is 442 g/mol. The largest absolute Gasteiger partial charge is 0.496 e. The maximum atomic E-state index is 12.4. The molecule has 0 fully saturated rings. The number of carbonyl (C=O) groups excluding carboxylic acids is 1. The summed E-state index contributed by atoms with van der Waals surface area (Å²) in [5.74, 6) is 2.10. The molecule has 0 saturated carbocycles. The Balaban J connectivity index is 1.43. The lowest BCUT2D eigenvalue weighted by Gasteiger charge is -2.10. The van der Waals surface area contributed by atoms with Crippen molar-refractivity contribution in [2.24, 2.45) is 0 Å². The molecule has 2 aromatic carbocycles. The van der Waals surface area contributed by atoms with Gasteiger partial charge in [-0.1, -0.05) is 41.6 Å². The Morgan fingerprint density at radius 2 is 1.79 bits per heavy atom. The number of carbonyl (C=O) groups is 1. The molecule has 0 radical (unpaired) electrons. The minimum Gasteiger partial charge on any atom is -0.496 e. The summed E-state index contributed by atoms with van der Waals surface area (Å²) >= 11 is 0. The number of benzene rings is 2. The number of hydrogen-bond acceptors (Lipinski definition) is 6. The number of nitrogens with one attached hydrogen (secondary N) is 1. The van der Waals surface area contributed by atoms with Gasteiger partial charge in [0.05, 0.1) is 30.5 Å². The average Bonchev–Trinajstić information content (AvgIpc) is 3.24. The van der Waals surface area contributed by atoms with Crippen LogP contribution in [0.4, 0.5) is 0 Å². The normalized spacial score (nSPS) is 10.8. The molecule has 2 heterocycles. The fraction of sp³-hybridized carbons (Fsp3) is 0.231. The molecule has 168 valence electrons. The molecule has 1 N–H and O–H groups in total. The highest BCUT2D eigenvalue weighted by Gasteiger charge is 2.14. The zero-order chi connectivity index (χ0) is 23.4. The predicted molar refractivity (Wildman–Crippen MR) is 126 cm³/mol. The standard InChI is InChI=1S/C26H26N4O3/c1-16-11-20(7-10-23(16)32-4)13-25(31)28-14-19-5-8-21(9-6-19)26-22(15-27-18(3)29-26)24-12-17(2)30-33-24/h5-12,15H,13-14H2,1-4H3,(H,28,31). The van der Waals surface area contributed by atoms with Crippen LogP contribution in [0.15, 0.2) is 59.3 Å². The Labute approximate surface area is 192 Å². The van der Waals surface area contributed by atoms with Crippen molar-refractivity contribution in [3.63, 3.8) is 0 Å². The van der Waals surface area contributed by atoms with Crippen LogP contribution in [-0.2, 0) is 17.8 Å². The molecule has 0 atom stereocenters. The molecule has 0 aliphatic heterocycles. The van der Waals surface area contributed by atoms with Crippen molar-refractivity contribution in [3.8, 4) is 28.3 Å². The van der Waals surface area contributed by atoms with Gasteiger partial charge in [0, 0.05) is 24.4 Å². The number of nitrogens with zero attached hydrogens (tertiary/aromatic N) is 3. The predicted octanol–water partition coefficient (Wildman–Crippen LogP) is 4.59. The summed E-state index contributed by atoms with van der Waals surface area (Å²) in [7, 11) is 1.64. The average molecular weight is 443 g/mol. The molecule has 0 spiro atoms. The van der Waals surface area contributed by atoms with Gasteiger partial charge in [-0.2, -0.15) is 0 Å². The van der Waals surface area contributed by atoms with Gasteiger partial charge >= 0.3 is 0 Å².